The molecule has 1 heterocycles. The van der Waals surface area contributed by atoms with E-state index in [9.17, 15) is 9.90 Å². The number of hydrogen-bond donors (Lipinski definition) is 3. The first-order valence-corrected chi connectivity index (χ1v) is 6.39. The van der Waals surface area contributed by atoms with Crippen molar-refractivity contribution in [3.63, 3.8) is 0 Å². The molecular formula is C16H13N3O2. The van der Waals surface area contributed by atoms with Crippen molar-refractivity contribution in [1.29, 1.82) is 0 Å². The number of carbonyl (C=O) groups excluding carboxylic acids is 1. The summed E-state index contributed by atoms with van der Waals surface area (Å²) in [5, 5.41) is 13.5. The predicted octanol–water partition coefficient (Wildman–Crippen LogP) is 2.77. The molecule has 5 heteroatoms. The molecule has 0 bridgehead atoms. The van der Waals surface area contributed by atoms with Gasteiger partial charge in [0.15, 0.2) is 5.75 Å². The maximum Gasteiger partial charge on any atom is 0.259 e. The molecule has 1 amide bonds. The van der Waals surface area contributed by atoms with E-state index in [0.29, 0.717) is 5.69 Å². The monoisotopic (exact) mass is 279 g/mol. The number of amides is 1. The standard InChI is InChI=1S/C16H13N3O2/c17-12-6-1-4-11(15(12)20)16(21)19-14-8-2-7-13-10(14)5-3-9-18-13/h1-9,20H,17H2,(H,19,21). The highest BCUT2D eigenvalue weighted by Crippen LogP contribution is 2.27. The highest BCUT2D eigenvalue weighted by atomic mass is 16.3. The van der Waals surface area contributed by atoms with Crippen molar-refractivity contribution in [2.24, 2.45) is 0 Å². The van der Waals surface area contributed by atoms with E-state index in [1.807, 2.05) is 18.2 Å². The van der Waals surface area contributed by atoms with Crippen LogP contribution in [0.2, 0.25) is 0 Å². The fraction of sp³-hybridized carbons (Fsp3) is 0. The Morgan fingerprint density at radius 1 is 1.10 bits per heavy atom. The Kier molecular flexibility index (Phi) is 3.16. The van der Waals surface area contributed by atoms with Crippen LogP contribution in [0.3, 0.4) is 0 Å². The third kappa shape index (κ3) is 2.36. The van der Waals surface area contributed by atoms with Crippen LogP contribution in [0.1, 0.15) is 10.4 Å². The molecule has 0 fully saturated rings. The van der Waals surface area contributed by atoms with Gasteiger partial charge in [-0.05, 0) is 36.4 Å². The van der Waals surface area contributed by atoms with Gasteiger partial charge in [-0.3, -0.25) is 9.78 Å². The van der Waals surface area contributed by atoms with E-state index < -0.39 is 5.91 Å². The van der Waals surface area contributed by atoms with E-state index in [0.717, 1.165) is 10.9 Å². The second kappa shape index (κ2) is 5.13. The molecule has 4 N–H and O–H groups in total. The van der Waals surface area contributed by atoms with Gasteiger partial charge in [0.25, 0.3) is 5.91 Å². The number of aromatic nitrogens is 1. The fourth-order valence-corrected chi connectivity index (χ4v) is 2.15. The molecule has 0 radical (unpaired) electrons. The number of nitrogens with zero attached hydrogens (tertiary/aromatic N) is 1. The van der Waals surface area contributed by atoms with E-state index in [1.54, 1.807) is 24.4 Å². The van der Waals surface area contributed by atoms with Crippen molar-refractivity contribution in [2.45, 2.75) is 0 Å². The largest absolute Gasteiger partial charge is 0.505 e. The first-order chi connectivity index (χ1) is 10.2. The number of nitrogen functional groups attached to an aromatic ring is 1. The molecule has 0 saturated carbocycles. The maximum absolute atomic E-state index is 12.3. The lowest BCUT2D eigenvalue weighted by atomic mass is 10.1. The summed E-state index contributed by atoms with van der Waals surface area (Å²) in [6.07, 6.45) is 1.69. The number of aromatic hydroxyl groups is 1. The summed E-state index contributed by atoms with van der Waals surface area (Å²) < 4.78 is 0. The Morgan fingerprint density at radius 3 is 2.76 bits per heavy atom. The Balaban J connectivity index is 1.99. The molecule has 0 aliphatic carbocycles. The molecule has 0 unspecified atom stereocenters. The van der Waals surface area contributed by atoms with Crippen LogP contribution in [-0.4, -0.2) is 16.0 Å². The number of pyridine rings is 1. The van der Waals surface area contributed by atoms with E-state index in [4.69, 9.17) is 5.73 Å². The summed E-state index contributed by atoms with van der Waals surface area (Å²) in [5.74, 6) is -0.635. The maximum atomic E-state index is 12.3. The summed E-state index contributed by atoms with van der Waals surface area (Å²) >= 11 is 0. The highest BCUT2D eigenvalue weighted by Gasteiger charge is 2.14. The van der Waals surface area contributed by atoms with Crippen molar-refractivity contribution < 1.29 is 9.90 Å². The number of carbonyl (C=O) groups is 1. The molecule has 0 saturated heterocycles. The van der Waals surface area contributed by atoms with Crippen LogP contribution < -0.4 is 11.1 Å². The molecule has 21 heavy (non-hydrogen) atoms. The number of benzene rings is 2. The fourth-order valence-electron chi connectivity index (χ4n) is 2.15. The van der Waals surface area contributed by atoms with Gasteiger partial charge >= 0.3 is 0 Å². The molecule has 3 rings (SSSR count). The zero-order chi connectivity index (χ0) is 14.8. The normalized spacial score (nSPS) is 10.5. The molecule has 3 aromatic rings. The lowest BCUT2D eigenvalue weighted by Crippen LogP contribution is -2.12. The number of phenolic OH excluding ortho intramolecular Hbond substituents is 1. The van der Waals surface area contributed by atoms with E-state index in [-0.39, 0.29) is 17.0 Å². The van der Waals surface area contributed by atoms with Crippen LogP contribution in [-0.2, 0) is 0 Å². The third-order valence-electron chi connectivity index (χ3n) is 3.21. The van der Waals surface area contributed by atoms with Gasteiger partial charge in [0.05, 0.1) is 22.5 Å². The number of fused-ring (bicyclic) bond motifs is 1. The van der Waals surface area contributed by atoms with Crippen LogP contribution in [0.5, 0.6) is 5.75 Å². The summed E-state index contributed by atoms with van der Waals surface area (Å²) in [6.45, 7) is 0. The van der Waals surface area contributed by atoms with Crippen molar-refractivity contribution >= 4 is 28.2 Å². The van der Waals surface area contributed by atoms with Crippen LogP contribution in [0, 0.1) is 0 Å². The lowest BCUT2D eigenvalue weighted by Gasteiger charge is -2.10. The Bertz CT molecular complexity index is 825. The van der Waals surface area contributed by atoms with Gasteiger partial charge in [0.2, 0.25) is 0 Å². The van der Waals surface area contributed by atoms with Gasteiger partial charge in [-0.1, -0.05) is 12.1 Å². The molecule has 104 valence electrons. The van der Waals surface area contributed by atoms with Gasteiger partial charge < -0.3 is 16.2 Å². The number of hydrogen-bond acceptors (Lipinski definition) is 4. The van der Waals surface area contributed by atoms with Crippen LogP contribution in [0.4, 0.5) is 11.4 Å². The zero-order valence-corrected chi connectivity index (χ0v) is 11.1. The molecule has 0 atom stereocenters. The van der Waals surface area contributed by atoms with Gasteiger partial charge in [0, 0.05) is 11.6 Å². The van der Waals surface area contributed by atoms with Crippen molar-refractivity contribution in [2.75, 3.05) is 11.1 Å². The first kappa shape index (κ1) is 12.9. The average Bonchev–Trinajstić information content (AvgIpc) is 2.50. The van der Waals surface area contributed by atoms with Crippen molar-refractivity contribution in [3.8, 4) is 5.75 Å². The number of rotatable bonds is 2. The topological polar surface area (TPSA) is 88.2 Å². The molecular weight excluding hydrogens is 266 g/mol. The molecule has 0 spiro atoms. The summed E-state index contributed by atoms with van der Waals surface area (Å²) in [7, 11) is 0. The van der Waals surface area contributed by atoms with E-state index >= 15 is 0 Å². The number of nitrogens with one attached hydrogen (secondary N) is 1. The van der Waals surface area contributed by atoms with Gasteiger partial charge in [-0.25, -0.2) is 0 Å². The van der Waals surface area contributed by atoms with Crippen molar-refractivity contribution in [1.82, 2.24) is 4.98 Å². The zero-order valence-electron chi connectivity index (χ0n) is 11.1. The van der Waals surface area contributed by atoms with Crippen LogP contribution in [0.15, 0.2) is 54.7 Å². The van der Waals surface area contributed by atoms with Crippen LogP contribution in [0.25, 0.3) is 10.9 Å². The number of para-hydroxylation sites is 1. The highest BCUT2D eigenvalue weighted by molar-refractivity contribution is 6.10. The van der Waals surface area contributed by atoms with E-state index in [2.05, 4.69) is 10.3 Å². The van der Waals surface area contributed by atoms with Gasteiger partial charge in [-0.2, -0.15) is 0 Å². The molecule has 0 aliphatic heterocycles. The number of anilines is 2. The third-order valence-corrected chi connectivity index (χ3v) is 3.21. The quantitative estimate of drug-likeness (QED) is 0.497. The van der Waals surface area contributed by atoms with Crippen molar-refractivity contribution in [3.05, 3.63) is 60.3 Å². The van der Waals surface area contributed by atoms with Crippen LogP contribution >= 0.6 is 0 Å². The smallest absolute Gasteiger partial charge is 0.259 e. The summed E-state index contributed by atoms with van der Waals surface area (Å²) in [4.78, 5) is 16.5. The molecule has 1 aromatic heterocycles. The summed E-state index contributed by atoms with van der Waals surface area (Å²) in [5.41, 5.74) is 7.32. The average molecular weight is 279 g/mol. The number of nitrogens with two attached hydrogens (primary N) is 1. The minimum Gasteiger partial charge on any atom is -0.505 e. The minimum atomic E-state index is -0.420. The SMILES string of the molecule is Nc1cccc(C(=O)Nc2cccc3ncccc23)c1O. The molecule has 5 nitrogen and oxygen atoms in total. The lowest BCUT2D eigenvalue weighted by molar-refractivity contribution is 0.102. The molecule has 2 aromatic carbocycles. The molecule has 0 aliphatic rings. The second-order valence-electron chi connectivity index (χ2n) is 4.57. The number of phenols is 1. The predicted molar refractivity (Wildman–Crippen MR) is 82.2 cm³/mol. The summed E-state index contributed by atoms with van der Waals surface area (Å²) in [6, 6.07) is 13.8. The second-order valence-corrected chi connectivity index (χ2v) is 4.57. The Hall–Kier alpha value is -3.08. The van der Waals surface area contributed by atoms with E-state index in [1.165, 1.54) is 12.1 Å². The van der Waals surface area contributed by atoms with Gasteiger partial charge in [0.1, 0.15) is 0 Å². The van der Waals surface area contributed by atoms with Gasteiger partial charge in [-0.15, -0.1) is 0 Å². The first-order valence-electron chi connectivity index (χ1n) is 6.39. The minimum absolute atomic E-state index is 0.135. The Morgan fingerprint density at radius 2 is 1.90 bits per heavy atom. The Labute approximate surface area is 121 Å².